The number of rotatable bonds is 7. The molecule has 2 atom stereocenters. The van der Waals surface area contributed by atoms with Crippen LogP contribution >= 0.6 is 0 Å². The van der Waals surface area contributed by atoms with E-state index in [0.29, 0.717) is 12.0 Å². The highest BCUT2D eigenvalue weighted by molar-refractivity contribution is 5.31. The zero-order valence-corrected chi connectivity index (χ0v) is 12.4. The van der Waals surface area contributed by atoms with Gasteiger partial charge in [0.2, 0.25) is 0 Å². The summed E-state index contributed by atoms with van der Waals surface area (Å²) in [5.41, 5.74) is 1.32. The Bertz CT molecular complexity index is 349. The molecule has 1 aromatic carbocycles. The quantitative estimate of drug-likeness (QED) is 0.783. The number of hydrogen-bond donors (Lipinski definition) is 1. The lowest BCUT2D eigenvalue weighted by atomic mass is 9.92. The Kier molecular flexibility index (Phi) is 6.20. The largest absolute Gasteiger partial charge is 0.491 e. The van der Waals surface area contributed by atoms with Crippen molar-refractivity contribution in [3.63, 3.8) is 0 Å². The normalized spacial score (nSPS) is 14.6. The van der Waals surface area contributed by atoms with Gasteiger partial charge in [0, 0.05) is 6.04 Å². The highest BCUT2D eigenvalue weighted by Gasteiger charge is 2.17. The summed E-state index contributed by atoms with van der Waals surface area (Å²) in [5, 5.41) is 3.57. The van der Waals surface area contributed by atoms with Crippen LogP contribution in [0.25, 0.3) is 0 Å². The minimum absolute atomic E-state index is 0.224. The Hall–Kier alpha value is -1.02. The second kappa shape index (κ2) is 7.42. The van der Waals surface area contributed by atoms with E-state index in [9.17, 15) is 0 Å². The summed E-state index contributed by atoms with van der Waals surface area (Å²) in [6.07, 6.45) is 1.40. The molecule has 102 valence electrons. The summed E-state index contributed by atoms with van der Waals surface area (Å²) < 4.78 is 5.77. The van der Waals surface area contributed by atoms with Crippen LogP contribution in [0.5, 0.6) is 5.75 Å². The maximum Gasteiger partial charge on any atom is 0.120 e. The molecule has 0 radical (unpaired) electrons. The van der Waals surface area contributed by atoms with Crippen LogP contribution in [-0.2, 0) is 0 Å². The van der Waals surface area contributed by atoms with Crippen LogP contribution in [0.1, 0.15) is 52.6 Å². The van der Waals surface area contributed by atoms with Crippen molar-refractivity contribution in [3.05, 3.63) is 29.8 Å². The molecule has 0 saturated carbocycles. The van der Waals surface area contributed by atoms with Gasteiger partial charge in [0.1, 0.15) is 5.75 Å². The second-order valence-electron chi connectivity index (χ2n) is 5.16. The van der Waals surface area contributed by atoms with Crippen LogP contribution in [0.15, 0.2) is 24.3 Å². The highest BCUT2D eigenvalue weighted by atomic mass is 16.5. The van der Waals surface area contributed by atoms with E-state index in [1.165, 1.54) is 12.0 Å². The van der Waals surface area contributed by atoms with Gasteiger partial charge < -0.3 is 10.1 Å². The van der Waals surface area contributed by atoms with Gasteiger partial charge in [-0.15, -0.1) is 0 Å². The molecule has 0 aromatic heterocycles. The van der Waals surface area contributed by atoms with Crippen LogP contribution in [-0.4, -0.2) is 12.6 Å². The molecule has 0 amide bonds. The summed E-state index contributed by atoms with van der Waals surface area (Å²) in [6.45, 7) is 11.8. The van der Waals surface area contributed by atoms with E-state index in [1.807, 2.05) is 6.07 Å². The highest BCUT2D eigenvalue weighted by Crippen LogP contribution is 2.27. The molecule has 1 rings (SSSR count). The molecule has 1 N–H and O–H groups in total. The third-order valence-electron chi connectivity index (χ3n) is 3.23. The van der Waals surface area contributed by atoms with Crippen molar-refractivity contribution >= 4 is 0 Å². The number of nitrogens with one attached hydrogen (secondary N) is 1. The molecule has 0 bridgehead atoms. The van der Waals surface area contributed by atoms with Crippen molar-refractivity contribution in [1.82, 2.24) is 5.32 Å². The van der Waals surface area contributed by atoms with E-state index >= 15 is 0 Å². The van der Waals surface area contributed by atoms with E-state index in [-0.39, 0.29) is 6.10 Å². The standard InChI is InChI=1S/C16H27NO/c1-6-13(5)16(17-7-2)14-9-8-10-15(11-14)18-12(3)4/h8-13,16-17H,6-7H2,1-5H3. The first kappa shape index (κ1) is 15.0. The summed E-state index contributed by atoms with van der Waals surface area (Å²) in [7, 11) is 0. The Morgan fingerprint density at radius 1 is 1.17 bits per heavy atom. The summed E-state index contributed by atoms with van der Waals surface area (Å²) in [6, 6.07) is 8.88. The molecule has 0 aliphatic rings. The zero-order chi connectivity index (χ0) is 13.5. The molecular weight excluding hydrogens is 222 g/mol. The smallest absolute Gasteiger partial charge is 0.120 e. The van der Waals surface area contributed by atoms with Crippen molar-refractivity contribution in [3.8, 4) is 5.75 Å². The van der Waals surface area contributed by atoms with E-state index in [1.54, 1.807) is 0 Å². The van der Waals surface area contributed by atoms with Gasteiger partial charge in [-0.3, -0.25) is 0 Å². The predicted octanol–water partition coefficient (Wildman–Crippen LogP) is 4.17. The second-order valence-corrected chi connectivity index (χ2v) is 5.16. The summed E-state index contributed by atoms with van der Waals surface area (Å²) in [5.74, 6) is 1.59. The van der Waals surface area contributed by atoms with Crippen molar-refractivity contribution in [1.29, 1.82) is 0 Å². The van der Waals surface area contributed by atoms with Crippen molar-refractivity contribution < 1.29 is 4.74 Å². The Morgan fingerprint density at radius 3 is 2.44 bits per heavy atom. The van der Waals surface area contributed by atoms with E-state index < -0.39 is 0 Å². The van der Waals surface area contributed by atoms with E-state index in [0.717, 1.165) is 12.3 Å². The van der Waals surface area contributed by atoms with Gasteiger partial charge in [-0.25, -0.2) is 0 Å². The first-order valence-electron chi connectivity index (χ1n) is 7.08. The molecule has 2 heteroatoms. The van der Waals surface area contributed by atoms with E-state index in [2.05, 4.69) is 58.1 Å². The zero-order valence-electron chi connectivity index (χ0n) is 12.4. The van der Waals surface area contributed by atoms with Crippen LogP contribution < -0.4 is 10.1 Å². The van der Waals surface area contributed by atoms with Crippen LogP contribution in [0.4, 0.5) is 0 Å². The fourth-order valence-electron chi connectivity index (χ4n) is 2.16. The van der Waals surface area contributed by atoms with Crippen molar-refractivity contribution in [2.45, 2.75) is 53.2 Å². The Labute approximate surface area is 112 Å². The van der Waals surface area contributed by atoms with Gasteiger partial charge in [-0.05, 0) is 44.0 Å². The van der Waals surface area contributed by atoms with Crippen molar-refractivity contribution in [2.75, 3.05) is 6.54 Å². The third-order valence-corrected chi connectivity index (χ3v) is 3.23. The minimum atomic E-state index is 0.224. The Balaban J connectivity index is 2.90. The topological polar surface area (TPSA) is 21.3 Å². The van der Waals surface area contributed by atoms with Gasteiger partial charge in [-0.2, -0.15) is 0 Å². The average Bonchev–Trinajstić information content (AvgIpc) is 2.34. The Morgan fingerprint density at radius 2 is 1.89 bits per heavy atom. The average molecular weight is 249 g/mol. The van der Waals surface area contributed by atoms with Gasteiger partial charge in [0.05, 0.1) is 6.10 Å². The maximum atomic E-state index is 5.77. The summed E-state index contributed by atoms with van der Waals surface area (Å²) >= 11 is 0. The number of ether oxygens (including phenoxy) is 1. The molecule has 0 aliphatic heterocycles. The molecule has 0 heterocycles. The summed E-state index contributed by atoms with van der Waals surface area (Å²) in [4.78, 5) is 0. The SMILES string of the molecule is CCNC(c1cccc(OC(C)C)c1)C(C)CC. The lowest BCUT2D eigenvalue weighted by molar-refractivity contribution is 0.241. The lowest BCUT2D eigenvalue weighted by Crippen LogP contribution is -2.26. The predicted molar refractivity (Wildman–Crippen MR) is 78.1 cm³/mol. The maximum absolute atomic E-state index is 5.77. The van der Waals surface area contributed by atoms with Crippen LogP contribution in [0.3, 0.4) is 0 Å². The lowest BCUT2D eigenvalue weighted by Gasteiger charge is -2.25. The first-order chi connectivity index (χ1) is 8.58. The third kappa shape index (κ3) is 4.34. The minimum Gasteiger partial charge on any atom is -0.491 e. The fraction of sp³-hybridized carbons (Fsp3) is 0.625. The van der Waals surface area contributed by atoms with Crippen LogP contribution in [0.2, 0.25) is 0 Å². The van der Waals surface area contributed by atoms with Gasteiger partial charge in [0.25, 0.3) is 0 Å². The van der Waals surface area contributed by atoms with Gasteiger partial charge >= 0.3 is 0 Å². The fourth-order valence-corrected chi connectivity index (χ4v) is 2.16. The molecule has 18 heavy (non-hydrogen) atoms. The number of hydrogen-bond acceptors (Lipinski definition) is 2. The molecule has 0 aliphatic carbocycles. The molecule has 0 fully saturated rings. The van der Waals surface area contributed by atoms with E-state index in [4.69, 9.17) is 4.74 Å². The first-order valence-corrected chi connectivity index (χ1v) is 7.08. The monoisotopic (exact) mass is 249 g/mol. The van der Waals surface area contributed by atoms with Gasteiger partial charge in [-0.1, -0.05) is 39.3 Å². The molecule has 0 saturated heterocycles. The van der Waals surface area contributed by atoms with Gasteiger partial charge in [0.15, 0.2) is 0 Å². The molecule has 2 unspecified atom stereocenters. The van der Waals surface area contributed by atoms with Crippen molar-refractivity contribution in [2.24, 2.45) is 5.92 Å². The molecular formula is C16H27NO. The molecule has 2 nitrogen and oxygen atoms in total. The number of benzene rings is 1. The molecule has 0 spiro atoms. The molecule has 1 aromatic rings. The van der Waals surface area contributed by atoms with Crippen LogP contribution in [0, 0.1) is 5.92 Å².